The second-order valence-electron chi connectivity index (χ2n) is 13.3. The zero-order chi connectivity index (χ0) is 30.8. The predicted octanol–water partition coefficient (Wildman–Crippen LogP) is 12.1. The summed E-state index contributed by atoms with van der Waals surface area (Å²) >= 11 is 0. The van der Waals surface area contributed by atoms with E-state index in [1.54, 1.807) is 0 Å². The van der Waals surface area contributed by atoms with E-state index >= 15 is 0 Å². The molecule has 2 N–H and O–H groups in total. The zero-order valence-electron chi connectivity index (χ0n) is 29.0. The topological polar surface area (TPSA) is 58.2 Å². The SMILES string of the molecule is CCCCCCCCCCCCCCCCCC(=O)NC(C)NC(=O)CCCCCCCCCCCCCCCCC. The van der Waals surface area contributed by atoms with Crippen LogP contribution in [0.3, 0.4) is 0 Å². The average Bonchev–Trinajstić information content (AvgIpc) is 2.97. The Hall–Kier alpha value is -1.06. The van der Waals surface area contributed by atoms with E-state index in [0.29, 0.717) is 12.8 Å². The summed E-state index contributed by atoms with van der Waals surface area (Å²) in [6.07, 6.45) is 40.8. The summed E-state index contributed by atoms with van der Waals surface area (Å²) in [5.74, 6) is 0.119. The lowest BCUT2D eigenvalue weighted by atomic mass is 10.0. The van der Waals surface area contributed by atoms with Crippen molar-refractivity contribution in [2.45, 2.75) is 232 Å². The molecular formula is C38H76N2O2. The third-order valence-electron chi connectivity index (χ3n) is 8.77. The molecule has 0 radical (unpaired) electrons. The predicted molar refractivity (Wildman–Crippen MR) is 185 cm³/mol. The molecule has 0 spiro atoms. The number of unbranched alkanes of at least 4 members (excludes halogenated alkanes) is 28. The van der Waals surface area contributed by atoms with Crippen LogP contribution < -0.4 is 10.6 Å². The highest BCUT2D eigenvalue weighted by atomic mass is 16.2. The highest BCUT2D eigenvalue weighted by molar-refractivity contribution is 5.79. The van der Waals surface area contributed by atoms with Crippen LogP contribution in [0.4, 0.5) is 0 Å². The minimum atomic E-state index is -0.280. The van der Waals surface area contributed by atoms with Gasteiger partial charge in [-0.1, -0.05) is 194 Å². The van der Waals surface area contributed by atoms with Crippen molar-refractivity contribution >= 4 is 11.8 Å². The Morgan fingerprint density at radius 2 is 0.548 bits per heavy atom. The smallest absolute Gasteiger partial charge is 0.221 e. The van der Waals surface area contributed by atoms with Crippen LogP contribution in [-0.2, 0) is 9.59 Å². The van der Waals surface area contributed by atoms with E-state index in [0.717, 1.165) is 25.7 Å². The third-order valence-corrected chi connectivity index (χ3v) is 8.77. The highest BCUT2D eigenvalue weighted by Gasteiger charge is 2.10. The van der Waals surface area contributed by atoms with Crippen LogP contribution in [0.1, 0.15) is 226 Å². The molecule has 0 aromatic rings. The number of hydrogen-bond acceptors (Lipinski definition) is 2. The Morgan fingerprint density at radius 1 is 0.357 bits per heavy atom. The van der Waals surface area contributed by atoms with Crippen LogP contribution in [0, 0.1) is 0 Å². The summed E-state index contributed by atoms with van der Waals surface area (Å²) in [7, 11) is 0. The van der Waals surface area contributed by atoms with Gasteiger partial charge in [-0.05, 0) is 19.8 Å². The lowest BCUT2D eigenvalue weighted by Gasteiger charge is -2.16. The lowest BCUT2D eigenvalue weighted by Crippen LogP contribution is -2.45. The highest BCUT2D eigenvalue weighted by Crippen LogP contribution is 2.15. The summed E-state index contributed by atoms with van der Waals surface area (Å²) in [6, 6.07) is 0. The Bertz CT molecular complexity index is 517. The fraction of sp³-hybridized carbons (Fsp3) is 0.947. The van der Waals surface area contributed by atoms with Gasteiger partial charge in [0.25, 0.3) is 0 Å². The summed E-state index contributed by atoms with van der Waals surface area (Å²) in [5.41, 5.74) is 0. The van der Waals surface area contributed by atoms with E-state index in [4.69, 9.17) is 0 Å². The average molecular weight is 593 g/mol. The van der Waals surface area contributed by atoms with Crippen LogP contribution in [0.15, 0.2) is 0 Å². The lowest BCUT2D eigenvalue weighted by molar-refractivity contribution is -0.124. The second kappa shape index (κ2) is 34.4. The van der Waals surface area contributed by atoms with Crippen LogP contribution in [0.5, 0.6) is 0 Å². The first-order chi connectivity index (χ1) is 20.6. The number of carbonyl (C=O) groups excluding carboxylic acids is 2. The van der Waals surface area contributed by atoms with Gasteiger partial charge < -0.3 is 10.6 Å². The first kappa shape index (κ1) is 40.9. The zero-order valence-corrected chi connectivity index (χ0v) is 29.0. The minimum Gasteiger partial charge on any atom is -0.336 e. The molecular weight excluding hydrogens is 516 g/mol. The van der Waals surface area contributed by atoms with E-state index in [-0.39, 0.29) is 18.0 Å². The van der Waals surface area contributed by atoms with Crippen molar-refractivity contribution < 1.29 is 9.59 Å². The van der Waals surface area contributed by atoms with E-state index in [9.17, 15) is 9.59 Å². The summed E-state index contributed by atoms with van der Waals surface area (Å²) in [5, 5.41) is 5.89. The summed E-state index contributed by atoms with van der Waals surface area (Å²) in [6.45, 7) is 6.43. The van der Waals surface area contributed by atoms with Gasteiger partial charge in [-0.2, -0.15) is 0 Å². The fourth-order valence-electron chi connectivity index (χ4n) is 5.98. The number of rotatable bonds is 34. The number of carbonyl (C=O) groups is 2. The Labute approximate surface area is 264 Å². The van der Waals surface area contributed by atoms with Crippen molar-refractivity contribution in [3.05, 3.63) is 0 Å². The summed E-state index contributed by atoms with van der Waals surface area (Å²) < 4.78 is 0. The molecule has 250 valence electrons. The molecule has 0 aliphatic heterocycles. The number of hydrogen-bond donors (Lipinski definition) is 2. The van der Waals surface area contributed by atoms with Gasteiger partial charge in [-0.25, -0.2) is 0 Å². The molecule has 0 atom stereocenters. The monoisotopic (exact) mass is 593 g/mol. The maximum absolute atomic E-state index is 12.2. The largest absolute Gasteiger partial charge is 0.336 e. The molecule has 0 saturated heterocycles. The molecule has 42 heavy (non-hydrogen) atoms. The Kier molecular flexibility index (Phi) is 33.6. The molecule has 0 aliphatic carbocycles. The minimum absolute atomic E-state index is 0.0597. The number of nitrogens with one attached hydrogen (secondary N) is 2. The molecule has 0 saturated carbocycles. The molecule has 0 bridgehead atoms. The van der Waals surface area contributed by atoms with Crippen molar-refractivity contribution in [1.82, 2.24) is 10.6 Å². The molecule has 0 aromatic carbocycles. The van der Waals surface area contributed by atoms with Gasteiger partial charge in [0.05, 0.1) is 6.17 Å². The maximum atomic E-state index is 12.2. The molecule has 2 amide bonds. The van der Waals surface area contributed by atoms with Gasteiger partial charge in [0.15, 0.2) is 0 Å². The molecule has 0 heterocycles. The first-order valence-electron chi connectivity index (χ1n) is 19.2. The first-order valence-corrected chi connectivity index (χ1v) is 19.2. The third kappa shape index (κ3) is 33.4. The van der Waals surface area contributed by atoms with Crippen LogP contribution in [-0.4, -0.2) is 18.0 Å². The standard InChI is InChI=1S/C38H76N2O2/c1-4-6-8-10-12-14-16-18-20-22-24-26-28-30-32-34-37(41)39-36(3)40-38(42)35-33-31-29-27-25-23-21-19-17-15-13-11-9-7-5-2/h36H,4-35H2,1-3H3,(H,39,41)(H,40,42). The van der Waals surface area contributed by atoms with Crippen LogP contribution >= 0.6 is 0 Å². The van der Waals surface area contributed by atoms with Gasteiger partial charge in [0.2, 0.25) is 11.8 Å². The van der Waals surface area contributed by atoms with Crippen molar-refractivity contribution in [1.29, 1.82) is 0 Å². The van der Waals surface area contributed by atoms with E-state index in [1.807, 2.05) is 6.92 Å². The molecule has 0 rings (SSSR count). The maximum Gasteiger partial charge on any atom is 0.221 e. The molecule has 4 nitrogen and oxygen atoms in total. The molecule has 4 heteroatoms. The fourth-order valence-corrected chi connectivity index (χ4v) is 5.98. The van der Waals surface area contributed by atoms with Crippen molar-refractivity contribution in [3.63, 3.8) is 0 Å². The normalized spacial score (nSPS) is 11.3. The van der Waals surface area contributed by atoms with Gasteiger partial charge in [-0.3, -0.25) is 9.59 Å². The van der Waals surface area contributed by atoms with E-state index in [2.05, 4.69) is 24.5 Å². The van der Waals surface area contributed by atoms with Crippen molar-refractivity contribution in [2.24, 2.45) is 0 Å². The summed E-state index contributed by atoms with van der Waals surface area (Å²) in [4.78, 5) is 24.4. The van der Waals surface area contributed by atoms with Crippen LogP contribution in [0.2, 0.25) is 0 Å². The van der Waals surface area contributed by atoms with Crippen LogP contribution in [0.25, 0.3) is 0 Å². The molecule has 0 unspecified atom stereocenters. The van der Waals surface area contributed by atoms with E-state index < -0.39 is 0 Å². The van der Waals surface area contributed by atoms with Gasteiger partial charge in [0.1, 0.15) is 0 Å². The Morgan fingerprint density at radius 3 is 0.762 bits per heavy atom. The van der Waals surface area contributed by atoms with Crippen molar-refractivity contribution in [2.75, 3.05) is 0 Å². The number of amides is 2. The van der Waals surface area contributed by atoms with E-state index in [1.165, 1.54) is 167 Å². The van der Waals surface area contributed by atoms with Crippen molar-refractivity contribution in [3.8, 4) is 0 Å². The van der Waals surface area contributed by atoms with Gasteiger partial charge >= 0.3 is 0 Å². The van der Waals surface area contributed by atoms with Gasteiger partial charge in [0, 0.05) is 12.8 Å². The Balaban J connectivity index is 3.39. The van der Waals surface area contributed by atoms with Gasteiger partial charge in [-0.15, -0.1) is 0 Å². The molecule has 0 fully saturated rings. The quantitative estimate of drug-likeness (QED) is 0.0576. The second-order valence-corrected chi connectivity index (χ2v) is 13.3. The molecule has 0 aliphatic rings. The molecule has 0 aromatic heterocycles.